The van der Waals surface area contributed by atoms with Crippen molar-refractivity contribution in [2.75, 3.05) is 7.05 Å². The zero-order valence-corrected chi connectivity index (χ0v) is 9.05. The first-order valence-electron chi connectivity index (χ1n) is 4.78. The smallest absolute Gasteiger partial charge is 0.328 e. The number of amides is 2. The van der Waals surface area contributed by atoms with Gasteiger partial charge < -0.3 is 5.32 Å². The fourth-order valence-electron chi connectivity index (χ4n) is 1.60. The molecule has 14 heavy (non-hydrogen) atoms. The standard InChI is InChI=1S/C8H15N3O2S/c1-11(14-10-13)8(12)9-7-5-3-2-4-6-7/h7H,2-6H2,1H3,(H,9,12). The quantitative estimate of drug-likeness (QED) is 0.582. The lowest BCUT2D eigenvalue weighted by Crippen LogP contribution is -2.41. The molecule has 0 atom stereocenters. The number of nitroso groups, excluding NO2 is 1. The van der Waals surface area contributed by atoms with Crippen molar-refractivity contribution in [3.63, 3.8) is 0 Å². The summed E-state index contributed by atoms with van der Waals surface area (Å²) >= 11 is 0.619. The third-order valence-corrected chi connectivity index (χ3v) is 2.85. The van der Waals surface area contributed by atoms with Crippen LogP contribution >= 0.6 is 12.1 Å². The Hall–Kier alpha value is -0.780. The van der Waals surface area contributed by atoms with E-state index in [9.17, 15) is 9.70 Å². The molecular weight excluding hydrogens is 202 g/mol. The second-order valence-corrected chi connectivity index (χ2v) is 4.30. The van der Waals surface area contributed by atoms with Crippen molar-refractivity contribution in [3.05, 3.63) is 4.91 Å². The number of nitrogens with zero attached hydrogens (tertiary/aromatic N) is 2. The molecule has 1 fully saturated rings. The SMILES string of the molecule is CN(SN=O)C(=O)NC1CCCCC1. The highest BCUT2D eigenvalue weighted by atomic mass is 32.2. The van der Waals surface area contributed by atoms with Gasteiger partial charge in [0.1, 0.15) is 12.1 Å². The summed E-state index contributed by atoms with van der Waals surface area (Å²) in [7, 11) is 1.53. The summed E-state index contributed by atoms with van der Waals surface area (Å²) in [6.45, 7) is 0. The molecule has 1 N–H and O–H groups in total. The van der Waals surface area contributed by atoms with Crippen LogP contribution in [0.1, 0.15) is 32.1 Å². The number of urea groups is 1. The molecule has 1 aliphatic carbocycles. The number of hydrogen-bond acceptors (Lipinski definition) is 4. The molecule has 6 heteroatoms. The summed E-state index contributed by atoms with van der Waals surface area (Å²) in [6.07, 6.45) is 5.69. The second kappa shape index (κ2) is 5.85. The molecule has 0 bridgehead atoms. The fraction of sp³-hybridized carbons (Fsp3) is 0.875. The third-order valence-electron chi connectivity index (χ3n) is 2.37. The van der Waals surface area contributed by atoms with Crippen molar-refractivity contribution in [1.29, 1.82) is 0 Å². The van der Waals surface area contributed by atoms with E-state index in [-0.39, 0.29) is 12.1 Å². The molecule has 2 amide bonds. The number of nitrogens with one attached hydrogen (secondary N) is 1. The molecule has 1 aliphatic rings. The van der Waals surface area contributed by atoms with Crippen LogP contribution in [0.25, 0.3) is 0 Å². The maximum Gasteiger partial charge on any atom is 0.328 e. The predicted molar refractivity (Wildman–Crippen MR) is 56.6 cm³/mol. The Labute approximate surface area is 87.8 Å². The Balaban J connectivity index is 2.27. The van der Waals surface area contributed by atoms with Gasteiger partial charge in [0.05, 0.1) is 0 Å². The van der Waals surface area contributed by atoms with Crippen LogP contribution in [0.2, 0.25) is 0 Å². The number of rotatable bonds is 3. The van der Waals surface area contributed by atoms with E-state index in [0.717, 1.165) is 12.8 Å². The third kappa shape index (κ3) is 3.53. The summed E-state index contributed by atoms with van der Waals surface area (Å²) in [4.78, 5) is 21.3. The zero-order chi connectivity index (χ0) is 10.4. The van der Waals surface area contributed by atoms with E-state index < -0.39 is 0 Å². The van der Waals surface area contributed by atoms with Gasteiger partial charge in [-0.2, -0.15) is 0 Å². The van der Waals surface area contributed by atoms with E-state index in [4.69, 9.17) is 0 Å². The molecule has 0 heterocycles. The molecule has 0 radical (unpaired) electrons. The number of carbonyl (C=O) groups is 1. The predicted octanol–water partition coefficient (Wildman–Crippen LogP) is 2.29. The van der Waals surface area contributed by atoms with Crippen LogP contribution in [0.4, 0.5) is 4.79 Å². The van der Waals surface area contributed by atoms with E-state index >= 15 is 0 Å². The fourth-order valence-corrected chi connectivity index (χ4v) is 1.83. The molecule has 0 aromatic rings. The molecule has 1 saturated carbocycles. The first kappa shape index (κ1) is 11.3. The summed E-state index contributed by atoms with van der Waals surface area (Å²) in [5.41, 5.74) is 0. The largest absolute Gasteiger partial charge is 0.335 e. The lowest BCUT2D eigenvalue weighted by Gasteiger charge is -2.24. The highest BCUT2D eigenvalue weighted by Gasteiger charge is 2.18. The van der Waals surface area contributed by atoms with Crippen LogP contribution in [-0.4, -0.2) is 23.4 Å². The van der Waals surface area contributed by atoms with Crippen LogP contribution in [0.5, 0.6) is 0 Å². The van der Waals surface area contributed by atoms with Crippen LogP contribution in [0.15, 0.2) is 4.58 Å². The van der Waals surface area contributed by atoms with Gasteiger partial charge in [-0.1, -0.05) is 19.3 Å². The molecule has 0 aromatic heterocycles. The molecule has 80 valence electrons. The van der Waals surface area contributed by atoms with Crippen molar-refractivity contribution >= 4 is 18.2 Å². The maximum absolute atomic E-state index is 11.4. The highest BCUT2D eigenvalue weighted by Crippen LogP contribution is 2.18. The lowest BCUT2D eigenvalue weighted by atomic mass is 9.96. The van der Waals surface area contributed by atoms with Gasteiger partial charge in [0.25, 0.3) is 0 Å². The Morgan fingerprint density at radius 2 is 2.07 bits per heavy atom. The summed E-state index contributed by atoms with van der Waals surface area (Å²) < 4.78 is 3.79. The Bertz CT molecular complexity index is 207. The zero-order valence-electron chi connectivity index (χ0n) is 8.23. The van der Waals surface area contributed by atoms with Gasteiger partial charge in [0, 0.05) is 17.7 Å². The molecule has 0 aromatic carbocycles. The monoisotopic (exact) mass is 217 g/mol. The molecule has 5 nitrogen and oxygen atoms in total. The van der Waals surface area contributed by atoms with E-state index in [2.05, 4.69) is 9.90 Å². The maximum atomic E-state index is 11.4. The minimum Gasteiger partial charge on any atom is -0.335 e. The van der Waals surface area contributed by atoms with Crippen molar-refractivity contribution < 1.29 is 4.79 Å². The van der Waals surface area contributed by atoms with Gasteiger partial charge in [0.15, 0.2) is 0 Å². The minimum atomic E-state index is -0.235. The van der Waals surface area contributed by atoms with Crippen molar-refractivity contribution in [1.82, 2.24) is 9.62 Å². The Morgan fingerprint density at radius 1 is 1.43 bits per heavy atom. The lowest BCUT2D eigenvalue weighted by molar-refractivity contribution is 0.222. The van der Waals surface area contributed by atoms with Gasteiger partial charge in [-0.05, 0) is 12.8 Å². The highest BCUT2D eigenvalue weighted by molar-refractivity contribution is 7.96. The molecule has 0 unspecified atom stereocenters. The van der Waals surface area contributed by atoms with E-state index in [1.807, 2.05) is 0 Å². The molecule has 1 rings (SSSR count). The van der Waals surface area contributed by atoms with E-state index in [1.165, 1.54) is 30.6 Å². The average molecular weight is 217 g/mol. The van der Waals surface area contributed by atoms with Crippen LogP contribution < -0.4 is 5.32 Å². The number of carbonyl (C=O) groups excluding carboxylic acids is 1. The first-order valence-corrected chi connectivity index (χ1v) is 5.51. The van der Waals surface area contributed by atoms with Gasteiger partial charge in [-0.25, -0.2) is 9.10 Å². The van der Waals surface area contributed by atoms with Gasteiger partial charge in [-0.3, -0.25) is 0 Å². The van der Waals surface area contributed by atoms with Gasteiger partial charge >= 0.3 is 6.03 Å². The van der Waals surface area contributed by atoms with Gasteiger partial charge in [-0.15, -0.1) is 4.91 Å². The van der Waals surface area contributed by atoms with Gasteiger partial charge in [0.2, 0.25) is 0 Å². The average Bonchev–Trinajstić information content (AvgIpc) is 2.19. The Morgan fingerprint density at radius 3 is 2.64 bits per heavy atom. The van der Waals surface area contributed by atoms with Crippen molar-refractivity contribution in [3.8, 4) is 0 Å². The van der Waals surface area contributed by atoms with Crippen LogP contribution in [0.3, 0.4) is 0 Å². The van der Waals surface area contributed by atoms with Crippen LogP contribution in [0, 0.1) is 4.91 Å². The summed E-state index contributed by atoms with van der Waals surface area (Å²) in [5.74, 6) is 0. The van der Waals surface area contributed by atoms with E-state index in [0.29, 0.717) is 12.1 Å². The number of hydrogen-bond donors (Lipinski definition) is 1. The van der Waals surface area contributed by atoms with Crippen molar-refractivity contribution in [2.45, 2.75) is 38.1 Å². The molecule has 0 aliphatic heterocycles. The minimum absolute atomic E-state index is 0.235. The molecular formula is C8H15N3O2S. The summed E-state index contributed by atoms with van der Waals surface area (Å²) in [6, 6.07) is 0.0347. The topological polar surface area (TPSA) is 61.8 Å². The van der Waals surface area contributed by atoms with Crippen molar-refractivity contribution in [2.24, 2.45) is 4.58 Å². The van der Waals surface area contributed by atoms with Crippen LogP contribution in [-0.2, 0) is 0 Å². The normalized spacial score (nSPS) is 17.5. The van der Waals surface area contributed by atoms with E-state index in [1.54, 1.807) is 0 Å². The molecule has 0 spiro atoms. The second-order valence-electron chi connectivity index (χ2n) is 3.44. The Kier molecular flexibility index (Phi) is 4.72. The molecule has 0 saturated heterocycles. The first-order chi connectivity index (χ1) is 6.74. The summed E-state index contributed by atoms with van der Waals surface area (Å²) in [5, 5.41) is 2.87.